The first-order chi connectivity index (χ1) is 8.58. The number of sulfone groups is 1. The molecule has 7 heteroatoms. The van der Waals surface area contributed by atoms with E-state index in [2.05, 4.69) is 16.0 Å². The molecule has 2 saturated heterocycles. The number of hydrogen-bond donors (Lipinski definition) is 3. The van der Waals surface area contributed by atoms with Gasteiger partial charge < -0.3 is 16.0 Å². The first-order valence-corrected chi connectivity index (χ1v) is 8.26. The minimum absolute atomic E-state index is 0.160. The van der Waals surface area contributed by atoms with Crippen LogP contribution in [0.2, 0.25) is 0 Å². The molecule has 0 saturated carbocycles. The van der Waals surface area contributed by atoms with E-state index in [4.69, 9.17) is 0 Å². The van der Waals surface area contributed by atoms with Gasteiger partial charge in [-0.15, -0.1) is 0 Å². The highest BCUT2D eigenvalue weighted by Gasteiger charge is 2.29. The molecule has 2 aliphatic heterocycles. The lowest BCUT2D eigenvalue weighted by atomic mass is 10.2. The predicted molar refractivity (Wildman–Crippen MR) is 69.2 cm³/mol. The normalized spacial score (nSPS) is 30.9. The van der Waals surface area contributed by atoms with Crippen LogP contribution < -0.4 is 16.0 Å². The summed E-state index contributed by atoms with van der Waals surface area (Å²) in [5.74, 6) is 0.257. The molecule has 2 fully saturated rings. The number of urea groups is 1. The summed E-state index contributed by atoms with van der Waals surface area (Å²) in [5, 5.41) is 8.27. The van der Waals surface area contributed by atoms with Crippen molar-refractivity contribution in [3.63, 3.8) is 0 Å². The first-order valence-electron chi connectivity index (χ1n) is 6.54. The summed E-state index contributed by atoms with van der Waals surface area (Å²) in [6.45, 7) is 1.94. The van der Waals surface area contributed by atoms with Crippen LogP contribution in [0, 0.1) is 0 Å². The Morgan fingerprint density at radius 2 is 2.11 bits per heavy atom. The molecule has 2 atom stereocenters. The number of rotatable bonds is 3. The maximum Gasteiger partial charge on any atom is 0.315 e. The Morgan fingerprint density at radius 1 is 1.28 bits per heavy atom. The average Bonchev–Trinajstić information content (AvgIpc) is 2.80. The van der Waals surface area contributed by atoms with Crippen LogP contribution in [0.15, 0.2) is 0 Å². The third kappa shape index (κ3) is 3.58. The zero-order chi connectivity index (χ0) is 13.0. The molecular weight excluding hydrogens is 254 g/mol. The second-order valence-electron chi connectivity index (χ2n) is 5.03. The molecule has 0 aromatic heterocycles. The standard InChI is InChI=1S/C11H21N3O3S/c15-11(14-9-4-5-12-7-9)13-8-10-3-1-2-6-18(10,16)17/h9-10,12H,1-8H2,(H2,13,14,15). The molecule has 2 unspecified atom stereocenters. The summed E-state index contributed by atoms with van der Waals surface area (Å²) in [6, 6.07) is -0.0996. The Kier molecular flexibility index (Phi) is 4.45. The van der Waals surface area contributed by atoms with Crippen molar-refractivity contribution >= 4 is 15.9 Å². The highest BCUT2D eigenvalue weighted by atomic mass is 32.2. The van der Waals surface area contributed by atoms with Crippen LogP contribution in [-0.4, -0.2) is 51.1 Å². The Bertz CT molecular complexity index is 390. The molecule has 0 aromatic rings. The molecule has 104 valence electrons. The average molecular weight is 275 g/mol. The van der Waals surface area contributed by atoms with Gasteiger partial charge in [0.2, 0.25) is 0 Å². The van der Waals surface area contributed by atoms with Gasteiger partial charge in [0, 0.05) is 19.1 Å². The Balaban J connectivity index is 1.74. The molecule has 0 aliphatic carbocycles. The van der Waals surface area contributed by atoms with Crippen molar-refractivity contribution in [2.45, 2.75) is 37.0 Å². The second-order valence-corrected chi connectivity index (χ2v) is 7.43. The van der Waals surface area contributed by atoms with Crippen molar-refractivity contribution in [1.82, 2.24) is 16.0 Å². The van der Waals surface area contributed by atoms with Crippen LogP contribution in [0.1, 0.15) is 25.7 Å². The monoisotopic (exact) mass is 275 g/mol. The molecule has 18 heavy (non-hydrogen) atoms. The maximum absolute atomic E-state index is 11.8. The summed E-state index contributed by atoms with van der Waals surface area (Å²) in [5.41, 5.74) is 0. The van der Waals surface area contributed by atoms with Gasteiger partial charge in [-0.1, -0.05) is 6.42 Å². The molecular formula is C11H21N3O3S. The maximum atomic E-state index is 11.8. The zero-order valence-corrected chi connectivity index (χ0v) is 11.3. The Morgan fingerprint density at radius 3 is 2.78 bits per heavy atom. The highest BCUT2D eigenvalue weighted by Crippen LogP contribution is 2.18. The number of carbonyl (C=O) groups excluding carboxylic acids is 1. The first kappa shape index (κ1) is 13.6. The van der Waals surface area contributed by atoms with Crippen LogP contribution in [0.25, 0.3) is 0 Å². The molecule has 2 amide bonds. The molecule has 3 N–H and O–H groups in total. The van der Waals surface area contributed by atoms with E-state index in [0.717, 1.165) is 32.4 Å². The van der Waals surface area contributed by atoms with Crippen molar-refractivity contribution in [2.24, 2.45) is 0 Å². The van der Waals surface area contributed by atoms with E-state index in [1.165, 1.54) is 0 Å². The summed E-state index contributed by atoms with van der Waals surface area (Å²) in [4.78, 5) is 11.6. The van der Waals surface area contributed by atoms with Gasteiger partial charge in [-0.2, -0.15) is 0 Å². The summed E-state index contributed by atoms with van der Waals surface area (Å²) in [6.07, 6.45) is 3.27. The lowest BCUT2D eigenvalue weighted by Gasteiger charge is -2.22. The van der Waals surface area contributed by atoms with Crippen molar-refractivity contribution < 1.29 is 13.2 Å². The summed E-state index contributed by atoms with van der Waals surface area (Å²) < 4.78 is 23.5. The quantitative estimate of drug-likeness (QED) is 0.655. The van der Waals surface area contributed by atoms with Gasteiger partial charge >= 0.3 is 6.03 Å². The smallest absolute Gasteiger partial charge is 0.315 e. The van der Waals surface area contributed by atoms with Crippen LogP contribution in [0.4, 0.5) is 4.79 Å². The molecule has 0 radical (unpaired) electrons. The predicted octanol–water partition coefficient (Wildman–Crippen LogP) is -0.385. The lowest BCUT2D eigenvalue weighted by Crippen LogP contribution is -2.47. The van der Waals surface area contributed by atoms with Crippen LogP contribution >= 0.6 is 0 Å². The molecule has 6 nitrogen and oxygen atoms in total. The van der Waals surface area contributed by atoms with Crippen molar-refractivity contribution in [1.29, 1.82) is 0 Å². The van der Waals surface area contributed by atoms with E-state index in [-0.39, 0.29) is 24.4 Å². The summed E-state index contributed by atoms with van der Waals surface area (Å²) >= 11 is 0. The Hall–Kier alpha value is -0.820. The number of carbonyl (C=O) groups is 1. The van der Waals surface area contributed by atoms with Gasteiger partial charge in [0.15, 0.2) is 9.84 Å². The van der Waals surface area contributed by atoms with Crippen LogP contribution in [0.5, 0.6) is 0 Å². The van der Waals surface area contributed by atoms with Gasteiger partial charge in [-0.05, 0) is 25.8 Å². The second kappa shape index (κ2) is 5.88. The van der Waals surface area contributed by atoms with E-state index < -0.39 is 15.1 Å². The van der Waals surface area contributed by atoms with Gasteiger partial charge in [0.1, 0.15) is 0 Å². The van der Waals surface area contributed by atoms with E-state index in [1.807, 2.05) is 0 Å². The minimum atomic E-state index is -3.00. The van der Waals surface area contributed by atoms with Crippen molar-refractivity contribution in [3.8, 4) is 0 Å². The fraction of sp³-hybridized carbons (Fsp3) is 0.909. The van der Waals surface area contributed by atoms with Gasteiger partial charge in [-0.3, -0.25) is 0 Å². The molecule has 0 aromatic carbocycles. The minimum Gasteiger partial charge on any atom is -0.337 e. The zero-order valence-electron chi connectivity index (χ0n) is 10.4. The van der Waals surface area contributed by atoms with Crippen molar-refractivity contribution in [3.05, 3.63) is 0 Å². The van der Waals surface area contributed by atoms with Gasteiger partial charge in [-0.25, -0.2) is 13.2 Å². The fourth-order valence-electron chi connectivity index (χ4n) is 2.47. The fourth-order valence-corrected chi connectivity index (χ4v) is 4.27. The molecule has 2 rings (SSSR count). The molecule has 0 bridgehead atoms. The molecule has 0 spiro atoms. The van der Waals surface area contributed by atoms with Gasteiger partial charge in [0.25, 0.3) is 0 Å². The largest absolute Gasteiger partial charge is 0.337 e. The molecule has 2 heterocycles. The molecule has 2 aliphatic rings. The van der Waals surface area contributed by atoms with Crippen molar-refractivity contribution in [2.75, 3.05) is 25.4 Å². The third-order valence-corrected chi connectivity index (χ3v) is 5.87. The van der Waals surface area contributed by atoms with Gasteiger partial charge in [0.05, 0.1) is 11.0 Å². The van der Waals surface area contributed by atoms with Crippen LogP contribution in [-0.2, 0) is 9.84 Å². The van der Waals surface area contributed by atoms with E-state index in [1.54, 1.807) is 0 Å². The third-order valence-electron chi connectivity index (χ3n) is 3.60. The topological polar surface area (TPSA) is 87.3 Å². The SMILES string of the molecule is O=C(NCC1CCCCS1(=O)=O)NC1CCNC1. The number of nitrogens with one attached hydrogen (secondary N) is 3. The number of amides is 2. The summed E-state index contributed by atoms with van der Waals surface area (Å²) in [7, 11) is -3.00. The highest BCUT2D eigenvalue weighted by molar-refractivity contribution is 7.92. The Labute approximate surface area is 108 Å². The van der Waals surface area contributed by atoms with E-state index in [9.17, 15) is 13.2 Å². The van der Waals surface area contributed by atoms with Crippen LogP contribution in [0.3, 0.4) is 0 Å². The van der Waals surface area contributed by atoms with E-state index >= 15 is 0 Å². The van der Waals surface area contributed by atoms with E-state index in [0.29, 0.717) is 6.42 Å². The number of hydrogen-bond acceptors (Lipinski definition) is 4. The lowest BCUT2D eigenvalue weighted by molar-refractivity contribution is 0.237.